The summed E-state index contributed by atoms with van der Waals surface area (Å²) in [5, 5.41) is 3.44. The number of ether oxygens (including phenoxy) is 1. The van der Waals surface area contributed by atoms with Gasteiger partial charge in [-0.1, -0.05) is 12.1 Å². The normalized spacial score (nSPS) is 12.2. The molecule has 1 N–H and O–H groups in total. The lowest BCUT2D eigenvalue weighted by Crippen LogP contribution is -2.27. The van der Waals surface area contributed by atoms with Crippen LogP contribution in [-0.2, 0) is 13.0 Å². The minimum Gasteiger partial charge on any atom is -0.481 e. The number of rotatable bonds is 6. The molecule has 0 aliphatic carbocycles. The highest BCUT2D eigenvalue weighted by Gasteiger charge is 2.04. The van der Waals surface area contributed by atoms with Crippen molar-refractivity contribution in [3.8, 4) is 5.88 Å². The van der Waals surface area contributed by atoms with Gasteiger partial charge in [-0.25, -0.2) is 9.37 Å². The molecule has 1 atom stereocenters. The van der Waals surface area contributed by atoms with Gasteiger partial charge in [0, 0.05) is 24.8 Å². The molecule has 106 valence electrons. The third-order valence-corrected chi connectivity index (χ3v) is 3.12. The largest absolute Gasteiger partial charge is 0.481 e. The molecule has 1 aromatic heterocycles. The lowest BCUT2D eigenvalue weighted by molar-refractivity contribution is 0.397. The van der Waals surface area contributed by atoms with Gasteiger partial charge in [0.1, 0.15) is 5.82 Å². The van der Waals surface area contributed by atoms with Gasteiger partial charge in [-0.05, 0) is 42.7 Å². The van der Waals surface area contributed by atoms with E-state index in [1.54, 1.807) is 13.3 Å². The summed E-state index contributed by atoms with van der Waals surface area (Å²) in [7, 11) is 1.61. The average molecular weight is 274 g/mol. The third kappa shape index (κ3) is 4.31. The molecule has 1 heterocycles. The van der Waals surface area contributed by atoms with E-state index in [1.807, 2.05) is 24.3 Å². The second kappa shape index (κ2) is 7.01. The van der Waals surface area contributed by atoms with E-state index in [0.29, 0.717) is 11.9 Å². The number of nitrogens with zero attached hydrogens (tertiary/aromatic N) is 1. The van der Waals surface area contributed by atoms with Gasteiger partial charge in [0.15, 0.2) is 0 Å². The first-order chi connectivity index (χ1) is 9.67. The summed E-state index contributed by atoms with van der Waals surface area (Å²) in [6.45, 7) is 2.86. The monoisotopic (exact) mass is 274 g/mol. The van der Waals surface area contributed by atoms with Crippen molar-refractivity contribution in [1.82, 2.24) is 10.3 Å². The fourth-order valence-electron chi connectivity index (χ4n) is 2.01. The molecule has 0 radical (unpaired) electrons. The van der Waals surface area contributed by atoms with E-state index in [-0.39, 0.29) is 5.82 Å². The van der Waals surface area contributed by atoms with Gasteiger partial charge in [0.05, 0.1) is 7.11 Å². The maximum atomic E-state index is 12.8. The van der Waals surface area contributed by atoms with Crippen LogP contribution in [0.1, 0.15) is 18.1 Å². The van der Waals surface area contributed by atoms with Gasteiger partial charge < -0.3 is 10.1 Å². The van der Waals surface area contributed by atoms with E-state index < -0.39 is 0 Å². The quantitative estimate of drug-likeness (QED) is 0.879. The van der Waals surface area contributed by atoms with Crippen LogP contribution in [0.5, 0.6) is 5.88 Å². The van der Waals surface area contributed by atoms with Gasteiger partial charge in [0.25, 0.3) is 0 Å². The van der Waals surface area contributed by atoms with Crippen LogP contribution < -0.4 is 10.1 Å². The fraction of sp³-hybridized carbons (Fsp3) is 0.312. The summed E-state index contributed by atoms with van der Waals surface area (Å²) in [5.74, 6) is 0.425. The van der Waals surface area contributed by atoms with Crippen LogP contribution in [0.25, 0.3) is 0 Å². The number of nitrogens with one attached hydrogen (secondary N) is 1. The first-order valence-electron chi connectivity index (χ1n) is 6.64. The smallest absolute Gasteiger partial charge is 0.213 e. The lowest BCUT2D eigenvalue weighted by Gasteiger charge is -2.14. The molecule has 2 rings (SSSR count). The third-order valence-electron chi connectivity index (χ3n) is 3.12. The van der Waals surface area contributed by atoms with Gasteiger partial charge >= 0.3 is 0 Å². The Kier molecular flexibility index (Phi) is 5.07. The zero-order valence-electron chi connectivity index (χ0n) is 11.8. The van der Waals surface area contributed by atoms with Crippen LogP contribution in [0.2, 0.25) is 0 Å². The average Bonchev–Trinajstić information content (AvgIpc) is 2.48. The molecule has 0 aliphatic heterocycles. The van der Waals surface area contributed by atoms with Gasteiger partial charge in [-0.15, -0.1) is 0 Å². The van der Waals surface area contributed by atoms with Crippen molar-refractivity contribution in [1.29, 1.82) is 0 Å². The van der Waals surface area contributed by atoms with E-state index in [0.717, 1.165) is 24.1 Å². The highest BCUT2D eigenvalue weighted by Crippen LogP contribution is 2.09. The highest BCUT2D eigenvalue weighted by molar-refractivity contribution is 5.20. The van der Waals surface area contributed by atoms with E-state index in [4.69, 9.17) is 4.74 Å². The van der Waals surface area contributed by atoms with Crippen molar-refractivity contribution >= 4 is 0 Å². The topological polar surface area (TPSA) is 34.1 Å². The second-order valence-corrected chi connectivity index (χ2v) is 4.82. The number of benzene rings is 1. The molecule has 1 unspecified atom stereocenters. The molecule has 2 aromatic rings. The second-order valence-electron chi connectivity index (χ2n) is 4.82. The number of aromatic nitrogens is 1. The molecule has 0 saturated carbocycles. The van der Waals surface area contributed by atoms with Crippen molar-refractivity contribution in [2.24, 2.45) is 0 Å². The SMILES string of the molecule is COc1cc(CNC(C)Cc2ccc(F)cc2)ccn1. The Hall–Kier alpha value is -1.94. The predicted molar refractivity (Wildman–Crippen MR) is 77.2 cm³/mol. The van der Waals surface area contributed by atoms with E-state index in [2.05, 4.69) is 17.2 Å². The minimum absolute atomic E-state index is 0.196. The summed E-state index contributed by atoms with van der Waals surface area (Å²) in [6, 6.07) is 10.8. The number of pyridine rings is 1. The highest BCUT2D eigenvalue weighted by atomic mass is 19.1. The van der Waals surface area contributed by atoms with Crippen LogP contribution in [0.15, 0.2) is 42.6 Å². The molecule has 0 spiro atoms. The van der Waals surface area contributed by atoms with Crippen LogP contribution in [0, 0.1) is 5.82 Å². The molecule has 3 nitrogen and oxygen atoms in total. The number of hydrogen-bond donors (Lipinski definition) is 1. The first kappa shape index (κ1) is 14.5. The summed E-state index contributed by atoms with van der Waals surface area (Å²) in [6.07, 6.45) is 2.60. The van der Waals surface area contributed by atoms with Crippen molar-refractivity contribution in [2.45, 2.75) is 25.9 Å². The Morgan fingerprint density at radius 1 is 1.20 bits per heavy atom. The molecule has 4 heteroatoms. The van der Waals surface area contributed by atoms with Crippen LogP contribution in [-0.4, -0.2) is 18.1 Å². The standard InChI is InChI=1S/C16H19FN2O/c1-12(9-13-3-5-15(17)6-4-13)19-11-14-7-8-18-16(10-14)20-2/h3-8,10,12,19H,9,11H2,1-2H3. The van der Waals surface area contributed by atoms with Crippen molar-refractivity contribution in [3.05, 3.63) is 59.5 Å². The Morgan fingerprint density at radius 3 is 2.65 bits per heavy atom. The van der Waals surface area contributed by atoms with Crippen LogP contribution in [0.4, 0.5) is 4.39 Å². The fourth-order valence-corrected chi connectivity index (χ4v) is 2.01. The summed E-state index contributed by atoms with van der Waals surface area (Å²) >= 11 is 0. The van der Waals surface area contributed by atoms with Crippen molar-refractivity contribution < 1.29 is 9.13 Å². The van der Waals surface area contributed by atoms with Crippen molar-refractivity contribution in [2.75, 3.05) is 7.11 Å². The Morgan fingerprint density at radius 2 is 1.95 bits per heavy atom. The van der Waals surface area contributed by atoms with Gasteiger partial charge in [-0.3, -0.25) is 0 Å². The maximum absolute atomic E-state index is 12.8. The molecule has 0 fully saturated rings. The number of methoxy groups -OCH3 is 1. The van der Waals surface area contributed by atoms with Gasteiger partial charge in [-0.2, -0.15) is 0 Å². The van der Waals surface area contributed by atoms with E-state index in [9.17, 15) is 4.39 Å². The molecule has 0 aliphatic rings. The molecule has 0 bridgehead atoms. The number of hydrogen-bond acceptors (Lipinski definition) is 3. The summed E-state index contributed by atoms with van der Waals surface area (Å²) in [4.78, 5) is 4.08. The van der Waals surface area contributed by atoms with Crippen molar-refractivity contribution in [3.63, 3.8) is 0 Å². The Labute approximate surface area is 118 Å². The molecular formula is C16H19FN2O. The lowest BCUT2D eigenvalue weighted by atomic mass is 10.1. The maximum Gasteiger partial charge on any atom is 0.213 e. The summed E-state index contributed by atoms with van der Waals surface area (Å²) < 4.78 is 17.9. The molecule has 0 saturated heterocycles. The van der Waals surface area contributed by atoms with Crippen LogP contribution in [0.3, 0.4) is 0 Å². The summed E-state index contributed by atoms with van der Waals surface area (Å²) in [5.41, 5.74) is 2.25. The number of halogens is 1. The molecular weight excluding hydrogens is 255 g/mol. The zero-order chi connectivity index (χ0) is 14.4. The molecule has 1 aromatic carbocycles. The predicted octanol–water partition coefficient (Wildman–Crippen LogP) is 2.95. The molecule has 0 amide bonds. The Balaban J connectivity index is 1.85. The zero-order valence-corrected chi connectivity index (χ0v) is 11.8. The molecule has 20 heavy (non-hydrogen) atoms. The minimum atomic E-state index is -0.196. The Bertz CT molecular complexity index is 542. The van der Waals surface area contributed by atoms with E-state index in [1.165, 1.54) is 12.1 Å². The van der Waals surface area contributed by atoms with Crippen LogP contribution >= 0.6 is 0 Å². The first-order valence-corrected chi connectivity index (χ1v) is 6.64. The van der Waals surface area contributed by atoms with Gasteiger partial charge in [0.2, 0.25) is 5.88 Å². The van der Waals surface area contributed by atoms with E-state index >= 15 is 0 Å².